The first-order valence-corrected chi connectivity index (χ1v) is 4.77. The number of hydrogen-bond donors (Lipinski definition) is 2. The van der Waals surface area contributed by atoms with Gasteiger partial charge in [0.05, 0.1) is 12.9 Å². The number of aromatic nitrogens is 2. The Morgan fingerprint density at radius 3 is 2.75 bits per heavy atom. The fourth-order valence-electron chi connectivity index (χ4n) is 0.785. The Morgan fingerprint density at radius 2 is 2.19 bits per heavy atom. The summed E-state index contributed by atoms with van der Waals surface area (Å²) >= 11 is 2.78. The molecule has 0 saturated heterocycles. The van der Waals surface area contributed by atoms with Crippen molar-refractivity contribution in [2.45, 2.75) is 12.3 Å². The van der Waals surface area contributed by atoms with Gasteiger partial charge in [0.1, 0.15) is 10.3 Å². The van der Waals surface area contributed by atoms with Crippen molar-refractivity contribution in [1.29, 1.82) is 0 Å². The second-order valence-electron chi connectivity index (χ2n) is 2.81. The molecule has 0 aliphatic rings. The molecule has 0 aliphatic carbocycles. The maximum atomic E-state index is 12.5. The van der Waals surface area contributed by atoms with Crippen molar-refractivity contribution < 1.29 is 17.6 Å². The van der Waals surface area contributed by atoms with Crippen LogP contribution in [0.4, 0.5) is 23.4 Å². The van der Waals surface area contributed by atoms with E-state index in [0.717, 1.165) is 6.33 Å². The zero-order chi connectivity index (χ0) is 12.3. The summed E-state index contributed by atoms with van der Waals surface area (Å²) in [6, 6.07) is 0. The van der Waals surface area contributed by atoms with E-state index in [-0.39, 0.29) is 10.3 Å². The molecule has 0 atom stereocenters. The van der Waals surface area contributed by atoms with Crippen molar-refractivity contribution in [3.63, 3.8) is 0 Å². The van der Waals surface area contributed by atoms with Gasteiger partial charge in [0.2, 0.25) is 0 Å². The van der Waals surface area contributed by atoms with Crippen LogP contribution in [0.3, 0.4) is 0 Å². The predicted molar refractivity (Wildman–Crippen MR) is 52.0 cm³/mol. The average Bonchev–Trinajstić information content (AvgIpc) is 2.20. The van der Waals surface area contributed by atoms with E-state index < -0.39 is 24.5 Å². The smallest absolute Gasteiger partial charge is 0.324 e. The van der Waals surface area contributed by atoms with Crippen LogP contribution >= 0.6 is 15.9 Å². The van der Waals surface area contributed by atoms with Crippen LogP contribution in [-0.4, -0.2) is 28.9 Å². The molecule has 0 spiro atoms. The first kappa shape index (κ1) is 12.9. The highest BCUT2D eigenvalue weighted by Crippen LogP contribution is 2.23. The fraction of sp³-hybridized carbons (Fsp3) is 0.429. The number of hydrogen-bond acceptors (Lipinski definition) is 3. The minimum atomic E-state index is -4.18. The van der Waals surface area contributed by atoms with Crippen molar-refractivity contribution in [2.75, 3.05) is 11.9 Å². The summed E-state index contributed by atoms with van der Waals surface area (Å²) in [6.07, 6.45) is -2.81. The minimum Gasteiger partial charge on any atom is -0.363 e. The number of H-pyrrole nitrogens is 1. The van der Waals surface area contributed by atoms with Crippen molar-refractivity contribution in [2.24, 2.45) is 0 Å². The maximum absolute atomic E-state index is 12.5. The van der Waals surface area contributed by atoms with Crippen molar-refractivity contribution in [3.05, 3.63) is 21.2 Å². The van der Waals surface area contributed by atoms with E-state index in [9.17, 15) is 22.4 Å². The van der Waals surface area contributed by atoms with Gasteiger partial charge in [0.25, 0.3) is 5.56 Å². The summed E-state index contributed by atoms with van der Waals surface area (Å²) in [5, 5.41) is 1.97. The Hall–Kier alpha value is -1.12. The molecule has 0 saturated carbocycles. The lowest BCUT2D eigenvalue weighted by atomic mass is 10.3. The minimum absolute atomic E-state index is 0.125. The molecule has 0 amide bonds. The summed E-state index contributed by atoms with van der Waals surface area (Å²) in [4.78, 5) is 16.7. The number of nitrogens with zero attached hydrogens (tertiary/aromatic N) is 1. The molecule has 2 N–H and O–H groups in total. The molecule has 1 heterocycles. The number of alkyl halides is 4. The molecule has 0 unspecified atom stereocenters. The Kier molecular flexibility index (Phi) is 3.89. The molecule has 0 fully saturated rings. The maximum Gasteiger partial charge on any atom is 0.324 e. The molecule has 9 heteroatoms. The first-order valence-electron chi connectivity index (χ1n) is 3.97. The summed E-state index contributed by atoms with van der Waals surface area (Å²) in [7, 11) is 0. The zero-order valence-electron chi connectivity index (χ0n) is 7.61. The van der Waals surface area contributed by atoms with Crippen LogP contribution in [0.5, 0.6) is 0 Å². The normalized spacial score (nSPS) is 11.9. The van der Waals surface area contributed by atoms with Crippen molar-refractivity contribution in [3.8, 4) is 0 Å². The number of aromatic amines is 1. The van der Waals surface area contributed by atoms with Gasteiger partial charge in [-0.3, -0.25) is 4.79 Å². The highest BCUT2D eigenvalue weighted by molar-refractivity contribution is 9.10. The topological polar surface area (TPSA) is 57.8 Å². The highest BCUT2D eigenvalue weighted by atomic mass is 79.9. The molecule has 90 valence electrons. The van der Waals surface area contributed by atoms with E-state index in [2.05, 4.69) is 25.9 Å². The Morgan fingerprint density at radius 1 is 1.56 bits per heavy atom. The number of halogens is 5. The number of anilines is 1. The second-order valence-corrected chi connectivity index (χ2v) is 3.60. The van der Waals surface area contributed by atoms with Crippen LogP contribution in [0.2, 0.25) is 0 Å². The number of nitrogens with one attached hydrogen (secondary N) is 2. The quantitative estimate of drug-likeness (QED) is 0.835. The Bertz CT molecular complexity index is 422. The van der Waals surface area contributed by atoms with Gasteiger partial charge >= 0.3 is 12.3 Å². The third kappa shape index (κ3) is 2.94. The van der Waals surface area contributed by atoms with E-state index in [1.165, 1.54) is 0 Å². The molecule has 0 radical (unpaired) electrons. The molecule has 1 aromatic heterocycles. The van der Waals surface area contributed by atoms with Crippen LogP contribution in [0, 0.1) is 0 Å². The SMILES string of the molecule is O=c1[nH]cnc(NCC(F)(F)C(F)F)c1Br. The summed E-state index contributed by atoms with van der Waals surface area (Å²) in [6.45, 7) is -1.31. The third-order valence-corrected chi connectivity index (χ3v) is 2.34. The molecule has 0 aromatic carbocycles. The van der Waals surface area contributed by atoms with Gasteiger partial charge in [-0.1, -0.05) is 0 Å². The first-order chi connectivity index (χ1) is 7.34. The van der Waals surface area contributed by atoms with Gasteiger partial charge in [0, 0.05) is 0 Å². The van der Waals surface area contributed by atoms with E-state index in [1.807, 2.05) is 5.32 Å². The van der Waals surface area contributed by atoms with Gasteiger partial charge in [-0.2, -0.15) is 8.78 Å². The van der Waals surface area contributed by atoms with Gasteiger partial charge in [-0.15, -0.1) is 0 Å². The molecular formula is C7H6BrF4N3O. The predicted octanol–water partition coefficient (Wildman–Crippen LogP) is 1.84. The van der Waals surface area contributed by atoms with Gasteiger partial charge in [0.15, 0.2) is 0 Å². The summed E-state index contributed by atoms with van der Waals surface area (Å²) in [5.41, 5.74) is -0.599. The monoisotopic (exact) mass is 303 g/mol. The van der Waals surface area contributed by atoms with Crippen LogP contribution in [-0.2, 0) is 0 Å². The summed E-state index contributed by atoms with van der Waals surface area (Å²) in [5.74, 6) is -4.40. The molecule has 16 heavy (non-hydrogen) atoms. The lowest BCUT2D eigenvalue weighted by Gasteiger charge is -2.16. The van der Waals surface area contributed by atoms with Gasteiger partial charge < -0.3 is 10.3 Å². The van der Waals surface area contributed by atoms with Gasteiger partial charge in [-0.05, 0) is 15.9 Å². The van der Waals surface area contributed by atoms with E-state index >= 15 is 0 Å². The van der Waals surface area contributed by atoms with Crippen LogP contribution in [0.15, 0.2) is 15.6 Å². The molecule has 0 aliphatic heterocycles. The van der Waals surface area contributed by atoms with Crippen LogP contribution in [0.25, 0.3) is 0 Å². The van der Waals surface area contributed by atoms with Gasteiger partial charge in [-0.25, -0.2) is 13.8 Å². The zero-order valence-corrected chi connectivity index (χ0v) is 9.19. The lowest BCUT2D eigenvalue weighted by molar-refractivity contribution is -0.117. The lowest BCUT2D eigenvalue weighted by Crippen LogP contribution is -2.35. The largest absolute Gasteiger partial charge is 0.363 e. The van der Waals surface area contributed by atoms with E-state index in [4.69, 9.17) is 0 Å². The van der Waals surface area contributed by atoms with Crippen molar-refractivity contribution >= 4 is 21.7 Å². The highest BCUT2D eigenvalue weighted by Gasteiger charge is 2.40. The van der Waals surface area contributed by atoms with Crippen molar-refractivity contribution in [1.82, 2.24) is 9.97 Å². The molecule has 4 nitrogen and oxygen atoms in total. The molecular weight excluding hydrogens is 298 g/mol. The van der Waals surface area contributed by atoms with E-state index in [1.54, 1.807) is 0 Å². The summed E-state index contributed by atoms with van der Waals surface area (Å²) < 4.78 is 48.5. The Balaban J connectivity index is 2.76. The molecule has 1 rings (SSSR count). The number of rotatable bonds is 4. The fourth-order valence-corrected chi connectivity index (χ4v) is 1.14. The van der Waals surface area contributed by atoms with Crippen LogP contribution in [0.1, 0.15) is 0 Å². The molecule has 1 aromatic rings. The van der Waals surface area contributed by atoms with E-state index in [0.29, 0.717) is 0 Å². The van der Waals surface area contributed by atoms with Crippen LogP contribution < -0.4 is 10.9 Å². The average molecular weight is 304 g/mol. The third-order valence-electron chi connectivity index (χ3n) is 1.61. The second kappa shape index (κ2) is 4.81. The Labute approximate surface area is 95.2 Å². The standard InChI is InChI=1S/C7H6BrF4N3O/c8-3-4(14-2-15-5(3)16)13-1-7(11,12)6(9)10/h2,6H,1H2,(H2,13,14,15,16). The molecule has 0 bridgehead atoms.